The first kappa shape index (κ1) is 10.4. The van der Waals surface area contributed by atoms with Crippen molar-refractivity contribution in [3.63, 3.8) is 0 Å². The zero-order valence-electron chi connectivity index (χ0n) is 9.84. The topological polar surface area (TPSA) is 15.3 Å². The van der Waals surface area contributed by atoms with Crippen molar-refractivity contribution < 1.29 is 0 Å². The minimum absolute atomic E-state index is 0.569. The van der Waals surface area contributed by atoms with Crippen LogP contribution in [0.15, 0.2) is 0 Å². The van der Waals surface area contributed by atoms with E-state index in [1.165, 1.54) is 39.0 Å². The first-order valence-electron chi connectivity index (χ1n) is 6.06. The molecule has 1 saturated carbocycles. The quantitative estimate of drug-likeness (QED) is 0.687. The van der Waals surface area contributed by atoms with Crippen molar-refractivity contribution >= 4 is 0 Å². The molecule has 2 atom stereocenters. The lowest BCUT2D eigenvalue weighted by molar-refractivity contribution is 0.128. The first-order chi connectivity index (χ1) is 6.60. The average Bonchev–Trinajstić information content (AvgIpc) is 2.81. The molecule has 2 rings (SSSR count). The summed E-state index contributed by atoms with van der Waals surface area (Å²) in [5, 5.41) is 3.55. The summed E-state index contributed by atoms with van der Waals surface area (Å²) in [6, 6.07) is 0. The van der Waals surface area contributed by atoms with E-state index >= 15 is 0 Å². The number of hydrogen-bond donors (Lipinski definition) is 1. The molecule has 0 bridgehead atoms. The van der Waals surface area contributed by atoms with E-state index in [2.05, 4.69) is 31.0 Å². The maximum atomic E-state index is 3.55. The van der Waals surface area contributed by atoms with Crippen LogP contribution in [-0.4, -0.2) is 36.6 Å². The Morgan fingerprint density at radius 3 is 2.00 bits per heavy atom. The molecule has 1 N–H and O–H groups in total. The van der Waals surface area contributed by atoms with Crippen LogP contribution in [0.3, 0.4) is 0 Å². The molecule has 14 heavy (non-hydrogen) atoms. The predicted octanol–water partition coefficient (Wildman–Crippen LogP) is 1.72. The molecular weight excluding hydrogens is 172 g/mol. The van der Waals surface area contributed by atoms with E-state index < -0.39 is 0 Å². The second-order valence-electron chi connectivity index (χ2n) is 5.77. The molecular formula is C12H24N2. The second kappa shape index (κ2) is 3.82. The molecule has 2 unspecified atom stereocenters. The molecule has 1 heterocycles. The highest BCUT2D eigenvalue weighted by molar-refractivity contribution is 5.00. The average molecular weight is 196 g/mol. The smallest absolute Gasteiger partial charge is 0.0183 e. The van der Waals surface area contributed by atoms with E-state index in [1.807, 2.05) is 0 Å². The zero-order valence-corrected chi connectivity index (χ0v) is 9.84. The van der Waals surface area contributed by atoms with Crippen LogP contribution in [0, 0.1) is 11.8 Å². The highest BCUT2D eigenvalue weighted by atomic mass is 15.2. The van der Waals surface area contributed by atoms with Crippen molar-refractivity contribution in [2.24, 2.45) is 11.8 Å². The molecule has 2 nitrogen and oxygen atoms in total. The summed E-state index contributed by atoms with van der Waals surface area (Å²) in [6.07, 6.45) is 2.83. The molecule has 0 radical (unpaired) electrons. The summed E-state index contributed by atoms with van der Waals surface area (Å²) < 4.78 is 0. The Morgan fingerprint density at radius 2 is 1.57 bits per heavy atom. The minimum atomic E-state index is 0.569. The fourth-order valence-corrected chi connectivity index (χ4v) is 2.47. The van der Waals surface area contributed by atoms with E-state index in [1.54, 1.807) is 0 Å². The van der Waals surface area contributed by atoms with Crippen molar-refractivity contribution in [1.82, 2.24) is 10.2 Å². The summed E-state index contributed by atoms with van der Waals surface area (Å²) in [5.41, 5.74) is 0.569. The fraction of sp³-hybridized carbons (Fsp3) is 1.00. The molecule has 2 aliphatic rings. The summed E-state index contributed by atoms with van der Waals surface area (Å²) in [7, 11) is 0. The van der Waals surface area contributed by atoms with Crippen LogP contribution in [0.2, 0.25) is 0 Å². The molecule has 2 heteroatoms. The number of nitrogens with one attached hydrogen (secondary N) is 1. The monoisotopic (exact) mass is 196 g/mol. The van der Waals surface area contributed by atoms with Crippen LogP contribution in [0.1, 0.15) is 33.6 Å². The Bertz CT molecular complexity index is 186. The van der Waals surface area contributed by atoms with Gasteiger partial charge in [-0.3, -0.25) is 4.90 Å². The van der Waals surface area contributed by atoms with Crippen molar-refractivity contribution in [1.29, 1.82) is 0 Å². The Labute approximate surface area is 88.1 Å². The Balaban J connectivity index is 1.97. The van der Waals surface area contributed by atoms with Gasteiger partial charge in [-0.25, -0.2) is 0 Å². The van der Waals surface area contributed by atoms with E-state index in [0.717, 1.165) is 11.8 Å². The number of rotatable bonds is 1. The van der Waals surface area contributed by atoms with Gasteiger partial charge in [-0.15, -0.1) is 0 Å². The maximum absolute atomic E-state index is 3.55. The predicted molar refractivity (Wildman–Crippen MR) is 60.4 cm³/mol. The number of hydrogen-bond acceptors (Lipinski definition) is 2. The molecule has 1 aliphatic carbocycles. The standard InChI is InChI=1S/C12H24N2/c1-10-6-13-7-11(2)9-14(8-10)12(3)4-5-12/h10-11,13H,4-9H2,1-3H3. The third-order valence-corrected chi connectivity index (χ3v) is 3.79. The van der Waals surface area contributed by atoms with Gasteiger partial charge in [-0.1, -0.05) is 13.8 Å². The van der Waals surface area contributed by atoms with E-state index in [0.29, 0.717) is 5.54 Å². The molecule has 1 aliphatic heterocycles. The Hall–Kier alpha value is -0.0800. The van der Waals surface area contributed by atoms with Crippen LogP contribution < -0.4 is 5.32 Å². The van der Waals surface area contributed by atoms with Gasteiger partial charge in [0.05, 0.1) is 0 Å². The van der Waals surface area contributed by atoms with Crippen molar-refractivity contribution in [2.45, 2.75) is 39.2 Å². The van der Waals surface area contributed by atoms with Crippen LogP contribution in [-0.2, 0) is 0 Å². The molecule has 0 aromatic heterocycles. The highest BCUT2D eigenvalue weighted by Gasteiger charge is 2.43. The molecule has 0 amide bonds. The molecule has 82 valence electrons. The molecule has 0 spiro atoms. The SMILES string of the molecule is CC1CNCC(C)CN(C2(C)CC2)C1. The summed E-state index contributed by atoms with van der Waals surface area (Å²) in [6.45, 7) is 12.1. The summed E-state index contributed by atoms with van der Waals surface area (Å²) in [5.74, 6) is 1.61. The molecule has 2 fully saturated rings. The van der Waals surface area contributed by atoms with E-state index in [-0.39, 0.29) is 0 Å². The van der Waals surface area contributed by atoms with Crippen LogP contribution in [0.25, 0.3) is 0 Å². The third-order valence-electron chi connectivity index (χ3n) is 3.79. The lowest BCUT2D eigenvalue weighted by atomic mass is 10.0. The maximum Gasteiger partial charge on any atom is 0.0183 e. The molecule has 0 aromatic carbocycles. The van der Waals surface area contributed by atoms with Crippen LogP contribution in [0.4, 0.5) is 0 Å². The Morgan fingerprint density at radius 1 is 1.07 bits per heavy atom. The van der Waals surface area contributed by atoms with Crippen molar-refractivity contribution in [3.05, 3.63) is 0 Å². The van der Waals surface area contributed by atoms with Crippen molar-refractivity contribution in [2.75, 3.05) is 26.2 Å². The fourth-order valence-electron chi connectivity index (χ4n) is 2.47. The van der Waals surface area contributed by atoms with Crippen LogP contribution >= 0.6 is 0 Å². The normalized spacial score (nSPS) is 38.8. The molecule has 0 aromatic rings. The lowest BCUT2D eigenvalue weighted by Gasteiger charge is -2.36. The van der Waals surface area contributed by atoms with Gasteiger partial charge >= 0.3 is 0 Å². The Kier molecular flexibility index (Phi) is 2.85. The van der Waals surface area contributed by atoms with Crippen molar-refractivity contribution in [3.8, 4) is 0 Å². The van der Waals surface area contributed by atoms with Gasteiger partial charge < -0.3 is 5.32 Å². The largest absolute Gasteiger partial charge is 0.316 e. The minimum Gasteiger partial charge on any atom is -0.316 e. The van der Waals surface area contributed by atoms with Gasteiger partial charge in [0.15, 0.2) is 0 Å². The summed E-state index contributed by atoms with van der Waals surface area (Å²) >= 11 is 0. The highest BCUT2D eigenvalue weighted by Crippen LogP contribution is 2.41. The van der Waals surface area contributed by atoms with Crippen LogP contribution in [0.5, 0.6) is 0 Å². The van der Waals surface area contributed by atoms with Gasteiger partial charge in [0.2, 0.25) is 0 Å². The molecule has 1 saturated heterocycles. The van der Waals surface area contributed by atoms with Gasteiger partial charge in [0.1, 0.15) is 0 Å². The van der Waals surface area contributed by atoms with Gasteiger partial charge in [-0.05, 0) is 44.7 Å². The first-order valence-corrected chi connectivity index (χ1v) is 6.06. The second-order valence-corrected chi connectivity index (χ2v) is 5.77. The third kappa shape index (κ3) is 2.29. The lowest BCUT2D eigenvalue weighted by Crippen LogP contribution is -2.47. The van der Waals surface area contributed by atoms with Gasteiger partial charge in [0.25, 0.3) is 0 Å². The summed E-state index contributed by atoms with van der Waals surface area (Å²) in [4.78, 5) is 2.74. The van der Waals surface area contributed by atoms with E-state index in [9.17, 15) is 0 Å². The van der Waals surface area contributed by atoms with E-state index in [4.69, 9.17) is 0 Å². The van der Waals surface area contributed by atoms with Gasteiger partial charge in [0, 0.05) is 18.6 Å². The number of nitrogens with zero attached hydrogens (tertiary/aromatic N) is 1. The van der Waals surface area contributed by atoms with Gasteiger partial charge in [-0.2, -0.15) is 0 Å². The zero-order chi connectivity index (χ0) is 10.2.